The fourth-order valence-electron chi connectivity index (χ4n) is 9.31. The zero-order valence-corrected chi connectivity index (χ0v) is 56.7. The van der Waals surface area contributed by atoms with E-state index in [1.807, 2.05) is 0 Å². The van der Waals surface area contributed by atoms with Crippen LogP contribution in [0.15, 0.2) is 64.6 Å². The molecule has 560 valence electrons. The minimum Gasteiger partial charge on any atom is -0.394 e. The molecule has 0 unspecified atom stereocenters. The number of carbonyl (C=O) groups is 13. The van der Waals surface area contributed by atoms with E-state index in [0.29, 0.717) is 25.8 Å². The molecule has 0 bridgehead atoms. The van der Waals surface area contributed by atoms with Crippen LogP contribution in [0.5, 0.6) is 0 Å². The summed E-state index contributed by atoms with van der Waals surface area (Å²) in [6.45, 7) is 0.853. The molecule has 40 heteroatoms. The van der Waals surface area contributed by atoms with Crippen LogP contribution < -0.4 is 110 Å². The molecule has 0 aliphatic carbocycles. The van der Waals surface area contributed by atoms with E-state index in [4.69, 9.17) is 45.9 Å². The van der Waals surface area contributed by atoms with Crippen LogP contribution in [-0.2, 0) is 75.2 Å². The number of non-ortho nitro benzene ring substituents is 1. The van der Waals surface area contributed by atoms with Gasteiger partial charge in [-0.15, -0.1) is 0 Å². The molecule has 0 radical (unpaired) electrons. The van der Waals surface area contributed by atoms with Gasteiger partial charge >= 0.3 is 0 Å². The second kappa shape index (κ2) is 46.5. The monoisotopic (exact) mass is 1430 g/mol. The summed E-state index contributed by atoms with van der Waals surface area (Å²) in [4.78, 5) is 192. The lowest BCUT2D eigenvalue weighted by Gasteiger charge is -2.26. The van der Waals surface area contributed by atoms with Crippen LogP contribution in [-0.4, -0.2) is 223 Å². The minimum atomic E-state index is -1.82. The van der Waals surface area contributed by atoms with Crippen LogP contribution in [0.3, 0.4) is 0 Å². The molecule has 0 aliphatic rings. The van der Waals surface area contributed by atoms with Crippen molar-refractivity contribution in [1.29, 1.82) is 0 Å². The summed E-state index contributed by atoms with van der Waals surface area (Å²) in [5.41, 5.74) is 45.3. The van der Waals surface area contributed by atoms with E-state index in [1.54, 1.807) is 30.3 Å². The molecule has 0 aliphatic heterocycles. The average molecular weight is 1430 g/mol. The average Bonchev–Trinajstić information content (AvgIpc) is 0.886. The van der Waals surface area contributed by atoms with Crippen molar-refractivity contribution in [1.82, 2.24) is 63.8 Å². The fraction of sp³-hybridized carbons (Fsp3) is 0.557. The van der Waals surface area contributed by atoms with Gasteiger partial charge in [-0.3, -0.25) is 82.4 Å². The zero-order chi connectivity index (χ0) is 75.7. The number of nitro benzene ring substituents is 1. The number of rotatable bonds is 48. The summed E-state index contributed by atoms with van der Waals surface area (Å²) in [6.07, 6.45) is -0.245. The third-order valence-electron chi connectivity index (χ3n) is 14.9. The molecule has 0 saturated heterocycles. The summed E-state index contributed by atoms with van der Waals surface area (Å²) >= 11 is 0. The molecule has 13 amide bonds. The fourth-order valence-corrected chi connectivity index (χ4v) is 9.31. The van der Waals surface area contributed by atoms with Crippen molar-refractivity contribution < 1.29 is 77.5 Å². The highest BCUT2D eigenvalue weighted by molar-refractivity contribution is 5.99. The number of primary amides is 1. The Balaban J connectivity index is 2.22. The first-order valence-corrected chi connectivity index (χ1v) is 32.5. The number of aliphatic imine (C=N–C) groups is 2. The summed E-state index contributed by atoms with van der Waals surface area (Å²) in [7, 11) is 0. The van der Waals surface area contributed by atoms with E-state index in [9.17, 15) is 82.7 Å². The Morgan fingerprint density at radius 3 is 1.36 bits per heavy atom. The topological polar surface area (TPSA) is 683 Å². The molecule has 2 aromatic carbocycles. The van der Waals surface area contributed by atoms with E-state index >= 15 is 0 Å². The van der Waals surface area contributed by atoms with Gasteiger partial charge in [0, 0.05) is 31.6 Å². The molecule has 0 aromatic heterocycles. The van der Waals surface area contributed by atoms with Gasteiger partial charge in [-0.25, -0.2) is 0 Å². The second-order valence-electron chi connectivity index (χ2n) is 23.4. The van der Waals surface area contributed by atoms with Gasteiger partial charge in [0.05, 0.1) is 43.3 Å². The quantitative estimate of drug-likeness (QED) is 0.00962. The first kappa shape index (κ1) is 86.4. The molecule has 2 rings (SSSR count). The van der Waals surface area contributed by atoms with Gasteiger partial charge in [0.15, 0.2) is 11.9 Å². The van der Waals surface area contributed by atoms with E-state index < -0.39 is 174 Å². The van der Waals surface area contributed by atoms with Gasteiger partial charge in [-0.05, 0) is 116 Å². The van der Waals surface area contributed by atoms with Crippen molar-refractivity contribution in [3.8, 4) is 0 Å². The van der Waals surface area contributed by atoms with Crippen molar-refractivity contribution in [3.63, 3.8) is 0 Å². The van der Waals surface area contributed by atoms with Gasteiger partial charge in [0.2, 0.25) is 76.8 Å². The summed E-state index contributed by atoms with van der Waals surface area (Å²) in [5.74, 6) is -12.7. The highest BCUT2D eigenvalue weighted by Gasteiger charge is 2.35. The lowest BCUT2D eigenvalue weighted by molar-refractivity contribution is -0.384. The number of hydrogen-bond acceptors (Lipinski definition) is 22. The first-order chi connectivity index (χ1) is 47.8. The molecule has 40 nitrogen and oxygen atoms in total. The van der Waals surface area contributed by atoms with Crippen LogP contribution in [0, 0.1) is 10.1 Å². The number of unbranched alkanes of at least 4 members (excludes halogenated alkanes) is 2. The van der Waals surface area contributed by atoms with Crippen LogP contribution in [0.25, 0.3) is 0 Å². The number of nitrogens with zero attached hydrogens (tertiary/aromatic N) is 3. The highest BCUT2D eigenvalue weighted by Crippen LogP contribution is 2.15. The number of benzene rings is 2. The van der Waals surface area contributed by atoms with Gasteiger partial charge < -0.3 is 120 Å². The Kier molecular flexibility index (Phi) is 39.8. The van der Waals surface area contributed by atoms with E-state index in [1.165, 1.54) is 26.0 Å². The van der Waals surface area contributed by atoms with Crippen molar-refractivity contribution in [2.24, 2.45) is 55.9 Å². The van der Waals surface area contributed by atoms with E-state index in [2.05, 4.69) is 73.8 Å². The number of nitrogens with one attached hydrogen (secondary N) is 12. The van der Waals surface area contributed by atoms with Gasteiger partial charge in [0.25, 0.3) is 5.69 Å². The van der Waals surface area contributed by atoms with Gasteiger partial charge in [0.1, 0.15) is 54.4 Å². The largest absolute Gasteiger partial charge is 0.394 e. The number of carbonyl (C=O) groups excluding carboxylic acids is 13. The molecule has 30 N–H and O–H groups in total. The third kappa shape index (κ3) is 34.6. The smallest absolute Gasteiger partial charge is 0.269 e. The number of nitrogens with two attached hydrogens (primary N) is 8. The Bertz CT molecular complexity index is 3150. The summed E-state index contributed by atoms with van der Waals surface area (Å²) < 4.78 is 0. The van der Waals surface area contributed by atoms with Crippen molar-refractivity contribution >= 4 is 94.4 Å². The van der Waals surface area contributed by atoms with E-state index in [0.717, 1.165) is 24.6 Å². The molecule has 2 aromatic rings. The highest BCUT2D eigenvalue weighted by atomic mass is 16.6. The van der Waals surface area contributed by atoms with Crippen LogP contribution >= 0.6 is 0 Å². The summed E-state index contributed by atoms with van der Waals surface area (Å²) in [6, 6.07) is -0.669. The number of hydrogen-bond donors (Lipinski definition) is 22. The zero-order valence-electron chi connectivity index (χ0n) is 56.7. The normalized spacial score (nSPS) is 14.1. The third-order valence-corrected chi connectivity index (χ3v) is 14.9. The molecule has 11 atom stereocenters. The number of aliphatic hydroxyl groups is 2. The van der Waals surface area contributed by atoms with Crippen molar-refractivity contribution in [2.45, 2.75) is 164 Å². The first-order valence-electron chi connectivity index (χ1n) is 32.5. The van der Waals surface area contributed by atoms with Crippen LogP contribution in [0.1, 0.15) is 96.1 Å². The predicted octanol–water partition coefficient (Wildman–Crippen LogP) is -9.32. The molecule has 0 fully saturated rings. The maximum absolute atomic E-state index is 14.1. The summed E-state index contributed by atoms with van der Waals surface area (Å²) in [5, 5.41) is 61.0. The van der Waals surface area contributed by atoms with Crippen molar-refractivity contribution in [2.75, 3.05) is 52.4 Å². The standard InChI is InChI=1S/C61H99N23O17/c1-33(75-47(88)31-74-59(99)49(35(3)86)83-57(97)44(28-37-19-21-38(22-20-37)84(100)101)77-48(89)30-72-46(87)29-73-53(93)39(64)27-36-13-5-4-6-14-36)51(91)79-43(18-12-26-71-61(68)69)55(95)81-41(16-8-10-24-63)56(96)82-45(32-85)58(98)76-34(2)52(92)80-42(17-11-25-70-60(66)67)54(94)78-40(50(65)90)15-7-9-23-62/h4-6,13-14,19-22,33-35,39-45,49,85-86H,7-12,15-18,23-32,62-64H2,1-3H3,(H2,65,90)(H,72,87)(H,73,93)(H,74,99)(H,75,88)(H,76,98)(H,77,89)(H,78,94)(H,79,91)(H,80,92)(H,81,95)(H,82,96)(H,83,97)(H4,66,67,70)(H4,68,69,71)/t33-,34-,35+,39-,40-,41-,42-,43-,44-,45+,49-/m0/s1. The Labute approximate surface area is 582 Å². The number of aliphatic hydroxyl groups excluding tert-OH is 2. The molecule has 0 heterocycles. The minimum absolute atomic E-state index is 0.0460. The second-order valence-corrected chi connectivity index (χ2v) is 23.4. The molecular weight excluding hydrogens is 1330 g/mol. The maximum atomic E-state index is 14.1. The van der Waals surface area contributed by atoms with E-state index in [-0.39, 0.29) is 101 Å². The predicted molar refractivity (Wildman–Crippen MR) is 366 cm³/mol. The molecule has 101 heavy (non-hydrogen) atoms. The molecule has 0 saturated carbocycles. The molecule has 0 spiro atoms. The van der Waals surface area contributed by atoms with Gasteiger partial charge in [-0.2, -0.15) is 0 Å². The lowest BCUT2D eigenvalue weighted by atomic mass is 10.0. The number of nitro groups is 1. The number of guanidine groups is 2. The Morgan fingerprint density at radius 2 is 0.871 bits per heavy atom. The lowest BCUT2D eigenvalue weighted by Crippen LogP contribution is -2.60. The molecular formula is C61H99N23O17. The van der Waals surface area contributed by atoms with Gasteiger partial charge in [-0.1, -0.05) is 42.5 Å². The maximum Gasteiger partial charge on any atom is 0.269 e. The Morgan fingerprint density at radius 1 is 0.455 bits per heavy atom. The SMILES string of the molecule is C[C@H](NC(=O)CNC(=O)[C@@H](NC(=O)[C@H](Cc1ccc([N+](=O)[O-])cc1)NC(=O)CNC(=O)CNC(=O)[C@@H](N)Cc1ccccc1)[C@@H](C)O)C(=O)N[C@@H](CCCN=C(N)N)C(=O)N[C@@H](CCCCN)C(=O)N[C@H](CO)C(=O)N[C@@H](C)C(=O)N[C@@H](CCCN=C(N)N)C(=O)N[C@@H](CCCCN)C(N)=O. The van der Waals surface area contributed by atoms with Crippen molar-refractivity contribution in [3.05, 3.63) is 75.8 Å². The Hall–Kier alpha value is -10.7. The van der Waals surface area contributed by atoms with Crippen LogP contribution in [0.2, 0.25) is 0 Å². The van der Waals surface area contributed by atoms with Crippen LogP contribution in [0.4, 0.5) is 5.69 Å². The number of amides is 13.